The van der Waals surface area contributed by atoms with Crippen molar-refractivity contribution in [3.63, 3.8) is 0 Å². The SMILES string of the molecule is CN(c1ccc2c(c1)OCO2)C1CCC(N)CC1. The molecular weight excluding hydrogens is 228 g/mol. The van der Waals surface area contributed by atoms with Crippen molar-refractivity contribution in [3.8, 4) is 11.5 Å². The third-order valence-electron chi connectivity index (χ3n) is 4.05. The summed E-state index contributed by atoms with van der Waals surface area (Å²) in [5.74, 6) is 1.70. The highest BCUT2D eigenvalue weighted by atomic mass is 16.7. The van der Waals surface area contributed by atoms with Crippen LogP contribution in [-0.4, -0.2) is 25.9 Å². The zero-order valence-electron chi connectivity index (χ0n) is 10.8. The van der Waals surface area contributed by atoms with Crippen LogP contribution in [0.1, 0.15) is 25.7 Å². The Kier molecular flexibility index (Phi) is 3.04. The van der Waals surface area contributed by atoms with Crippen LogP contribution >= 0.6 is 0 Å². The van der Waals surface area contributed by atoms with Crippen molar-refractivity contribution in [1.82, 2.24) is 0 Å². The molecule has 1 aromatic carbocycles. The summed E-state index contributed by atoms with van der Waals surface area (Å²) in [7, 11) is 2.15. The molecule has 0 radical (unpaired) electrons. The van der Waals surface area contributed by atoms with Crippen LogP contribution in [0.2, 0.25) is 0 Å². The van der Waals surface area contributed by atoms with Crippen LogP contribution in [-0.2, 0) is 0 Å². The molecule has 0 unspecified atom stereocenters. The fourth-order valence-electron chi connectivity index (χ4n) is 2.80. The van der Waals surface area contributed by atoms with E-state index in [1.807, 2.05) is 6.07 Å². The van der Waals surface area contributed by atoms with E-state index in [0.717, 1.165) is 24.3 Å². The van der Waals surface area contributed by atoms with Crippen molar-refractivity contribution in [2.45, 2.75) is 37.8 Å². The lowest BCUT2D eigenvalue weighted by Gasteiger charge is -2.35. The molecule has 4 heteroatoms. The first-order chi connectivity index (χ1) is 8.74. The van der Waals surface area contributed by atoms with Crippen molar-refractivity contribution in [1.29, 1.82) is 0 Å². The molecule has 4 nitrogen and oxygen atoms in total. The van der Waals surface area contributed by atoms with Crippen molar-refractivity contribution in [2.24, 2.45) is 5.73 Å². The van der Waals surface area contributed by atoms with E-state index in [1.165, 1.54) is 18.5 Å². The van der Waals surface area contributed by atoms with Crippen LogP contribution in [0.15, 0.2) is 18.2 Å². The molecule has 0 saturated heterocycles. The molecule has 1 heterocycles. The highest BCUT2D eigenvalue weighted by Gasteiger charge is 2.23. The first-order valence-electron chi connectivity index (χ1n) is 6.62. The maximum absolute atomic E-state index is 5.95. The van der Waals surface area contributed by atoms with Crippen molar-refractivity contribution >= 4 is 5.69 Å². The largest absolute Gasteiger partial charge is 0.454 e. The van der Waals surface area contributed by atoms with E-state index in [4.69, 9.17) is 15.2 Å². The lowest BCUT2D eigenvalue weighted by molar-refractivity contribution is 0.174. The Morgan fingerprint density at radius 2 is 1.83 bits per heavy atom. The molecule has 3 rings (SSSR count). The zero-order valence-corrected chi connectivity index (χ0v) is 10.8. The number of nitrogens with two attached hydrogens (primary N) is 1. The number of hydrogen-bond donors (Lipinski definition) is 1. The summed E-state index contributed by atoms with van der Waals surface area (Å²) >= 11 is 0. The monoisotopic (exact) mass is 248 g/mol. The summed E-state index contributed by atoms with van der Waals surface area (Å²) < 4.78 is 10.8. The Balaban J connectivity index is 1.74. The second-order valence-corrected chi connectivity index (χ2v) is 5.22. The van der Waals surface area contributed by atoms with Gasteiger partial charge in [-0.15, -0.1) is 0 Å². The first-order valence-corrected chi connectivity index (χ1v) is 6.62. The van der Waals surface area contributed by atoms with Gasteiger partial charge in [0.25, 0.3) is 0 Å². The second kappa shape index (κ2) is 4.69. The maximum atomic E-state index is 5.95. The number of anilines is 1. The molecule has 18 heavy (non-hydrogen) atoms. The van der Waals surface area contributed by atoms with Crippen molar-refractivity contribution < 1.29 is 9.47 Å². The third-order valence-corrected chi connectivity index (χ3v) is 4.05. The van der Waals surface area contributed by atoms with Crippen LogP contribution < -0.4 is 20.1 Å². The molecule has 1 saturated carbocycles. The predicted octanol–water partition coefficient (Wildman–Crippen LogP) is 2.12. The lowest BCUT2D eigenvalue weighted by Crippen LogP contribution is -2.38. The van der Waals surface area contributed by atoms with E-state index in [2.05, 4.69) is 24.1 Å². The minimum atomic E-state index is 0.334. The number of fused-ring (bicyclic) bond motifs is 1. The average molecular weight is 248 g/mol. The number of nitrogens with zero attached hydrogens (tertiary/aromatic N) is 1. The first kappa shape index (κ1) is 11.7. The molecule has 2 aliphatic rings. The molecule has 1 aliphatic heterocycles. The number of rotatable bonds is 2. The van der Waals surface area contributed by atoms with Gasteiger partial charge >= 0.3 is 0 Å². The fourth-order valence-corrected chi connectivity index (χ4v) is 2.80. The third kappa shape index (κ3) is 2.12. The van der Waals surface area contributed by atoms with Gasteiger partial charge < -0.3 is 20.1 Å². The Hall–Kier alpha value is -1.42. The van der Waals surface area contributed by atoms with Crippen LogP contribution in [0.3, 0.4) is 0 Å². The summed E-state index contributed by atoms with van der Waals surface area (Å²) in [5.41, 5.74) is 7.15. The van der Waals surface area contributed by atoms with Gasteiger partial charge in [0, 0.05) is 30.9 Å². The van der Waals surface area contributed by atoms with E-state index in [-0.39, 0.29) is 0 Å². The molecule has 0 bridgehead atoms. The van der Waals surface area contributed by atoms with Crippen LogP contribution in [0.4, 0.5) is 5.69 Å². The molecular formula is C14H20N2O2. The maximum Gasteiger partial charge on any atom is 0.231 e. The molecule has 0 spiro atoms. The molecule has 0 amide bonds. The van der Waals surface area contributed by atoms with Gasteiger partial charge in [-0.05, 0) is 37.8 Å². The predicted molar refractivity (Wildman–Crippen MR) is 71.2 cm³/mol. The van der Waals surface area contributed by atoms with Crippen LogP contribution in [0.5, 0.6) is 11.5 Å². The molecule has 1 aromatic rings. The molecule has 2 N–H and O–H groups in total. The van der Waals surface area contributed by atoms with E-state index in [1.54, 1.807) is 0 Å². The summed E-state index contributed by atoms with van der Waals surface area (Å²) in [5, 5.41) is 0. The number of benzene rings is 1. The molecule has 1 aliphatic carbocycles. The standard InChI is InChI=1S/C14H20N2O2/c1-16(11-4-2-10(15)3-5-11)12-6-7-13-14(8-12)18-9-17-13/h6-8,10-11H,2-5,9,15H2,1H3. The zero-order chi connectivity index (χ0) is 12.5. The molecule has 98 valence electrons. The summed E-state index contributed by atoms with van der Waals surface area (Å²) in [4.78, 5) is 2.34. The van der Waals surface area contributed by atoms with E-state index in [9.17, 15) is 0 Å². The molecule has 0 aromatic heterocycles. The smallest absolute Gasteiger partial charge is 0.231 e. The van der Waals surface area contributed by atoms with E-state index in [0.29, 0.717) is 18.9 Å². The summed E-state index contributed by atoms with van der Waals surface area (Å²) in [6.45, 7) is 0.334. The number of ether oxygens (including phenoxy) is 2. The van der Waals surface area contributed by atoms with Crippen molar-refractivity contribution in [3.05, 3.63) is 18.2 Å². The Morgan fingerprint density at radius 3 is 2.61 bits per heavy atom. The summed E-state index contributed by atoms with van der Waals surface area (Å²) in [6.07, 6.45) is 4.59. The average Bonchev–Trinajstić information content (AvgIpc) is 2.86. The number of hydrogen-bond acceptors (Lipinski definition) is 4. The van der Waals surface area contributed by atoms with Gasteiger partial charge in [0.1, 0.15) is 0 Å². The highest BCUT2D eigenvalue weighted by Crippen LogP contribution is 2.36. The lowest BCUT2D eigenvalue weighted by atomic mass is 9.91. The highest BCUT2D eigenvalue weighted by molar-refractivity contribution is 5.57. The van der Waals surface area contributed by atoms with Crippen molar-refractivity contribution in [2.75, 3.05) is 18.7 Å². The Morgan fingerprint density at radius 1 is 1.11 bits per heavy atom. The van der Waals surface area contributed by atoms with Gasteiger partial charge in [-0.2, -0.15) is 0 Å². The van der Waals surface area contributed by atoms with Gasteiger partial charge in [0.05, 0.1) is 0 Å². The van der Waals surface area contributed by atoms with Crippen LogP contribution in [0, 0.1) is 0 Å². The topological polar surface area (TPSA) is 47.7 Å². The normalized spacial score (nSPS) is 26.1. The van der Waals surface area contributed by atoms with E-state index < -0.39 is 0 Å². The Bertz CT molecular complexity index is 428. The van der Waals surface area contributed by atoms with Gasteiger partial charge in [0.15, 0.2) is 11.5 Å². The second-order valence-electron chi connectivity index (χ2n) is 5.22. The van der Waals surface area contributed by atoms with Gasteiger partial charge in [-0.25, -0.2) is 0 Å². The quantitative estimate of drug-likeness (QED) is 0.871. The molecule has 1 fully saturated rings. The van der Waals surface area contributed by atoms with Crippen LogP contribution in [0.25, 0.3) is 0 Å². The summed E-state index contributed by atoms with van der Waals surface area (Å²) in [6, 6.07) is 7.14. The minimum Gasteiger partial charge on any atom is -0.454 e. The van der Waals surface area contributed by atoms with E-state index >= 15 is 0 Å². The van der Waals surface area contributed by atoms with Gasteiger partial charge in [0.2, 0.25) is 6.79 Å². The van der Waals surface area contributed by atoms with Gasteiger partial charge in [-0.1, -0.05) is 0 Å². The van der Waals surface area contributed by atoms with Gasteiger partial charge in [-0.3, -0.25) is 0 Å². The fraction of sp³-hybridized carbons (Fsp3) is 0.571. The Labute approximate surface area is 108 Å². The molecule has 0 atom stereocenters. The minimum absolute atomic E-state index is 0.334.